The molecule has 0 saturated carbocycles. The van der Waals surface area contributed by atoms with E-state index in [1.807, 2.05) is 25.1 Å². The van der Waals surface area contributed by atoms with Gasteiger partial charge < -0.3 is 10.3 Å². The molecule has 2 aromatic rings. The number of hydrogen-bond donors (Lipinski definition) is 1. The molecule has 0 fully saturated rings. The molecule has 4 nitrogen and oxygen atoms in total. The Bertz CT molecular complexity index is 496. The number of benzene rings is 1. The third kappa shape index (κ3) is 2.31. The molecule has 0 saturated heterocycles. The highest BCUT2D eigenvalue weighted by Gasteiger charge is 2.11. The Labute approximate surface area is 102 Å². The SMILES string of the molecule is Cc1ccc(-c2nc(CCN)no2)c(Br)c1. The van der Waals surface area contributed by atoms with E-state index in [1.165, 1.54) is 5.56 Å². The molecule has 2 rings (SSSR count). The molecule has 16 heavy (non-hydrogen) atoms. The predicted octanol–water partition coefficient (Wildman–Crippen LogP) is 2.31. The minimum atomic E-state index is 0.522. The van der Waals surface area contributed by atoms with Crippen LogP contribution >= 0.6 is 15.9 Å². The maximum Gasteiger partial charge on any atom is 0.259 e. The molecule has 0 atom stereocenters. The summed E-state index contributed by atoms with van der Waals surface area (Å²) < 4.78 is 6.13. The van der Waals surface area contributed by atoms with Gasteiger partial charge in [-0.25, -0.2) is 0 Å². The molecule has 1 aromatic heterocycles. The standard InChI is InChI=1S/C11H12BrN3O/c1-7-2-3-8(9(12)6-7)11-14-10(4-5-13)15-16-11/h2-3,6H,4-5,13H2,1H3. The Morgan fingerprint density at radius 1 is 1.44 bits per heavy atom. The molecule has 2 N–H and O–H groups in total. The molecule has 84 valence electrons. The summed E-state index contributed by atoms with van der Waals surface area (Å²) in [5.41, 5.74) is 7.51. The summed E-state index contributed by atoms with van der Waals surface area (Å²) in [5.74, 6) is 1.17. The molecular formula is C11H12BrN3O. The van der Waals surface area contributed by atoms with Crippen LogP contribution in [0.2, 0.25) is 0 Å². The van der Waals surface area contributed by atoms with Gasteiger partial charge in [0.05, 0.1) is 5.56 Å². The molecule has 0 spiro atoms. The minimum absolute atomic E-state index is 0.522. The first kappa shape index (κ1) is 11.3. The maximum absolute atomic E-state index is 5.43. The lowest BCUT2D eigenvalue weighted by Crippen LogP contribution is -2.03. The third-order valence-corrected chi connectivity index (χ3v) is 2.85. The van der Waals surface area contributed by atoms with E-state index in [-0.39, 0.29) is 0 Å². The fourth-order valence-corrected chi connectivity index (χ4v) is 2.05. The normalized spacial score (nSPS) is 10.7. The highest BCUT2D eigenvalue weighted by atomic mass is 79.9. The van der Waals surface area contributed by atoms with Gasteiger partial charge in [0.15, 0.2) is 5.82 Å². The summed E-state index contributed by atoms with van der Waals surface area (Å²) in [6.45, 7) is 2.55. The molecule has 0 bridgehead atoms. The van der Waals surface area contributed by atoms with Gasteiger partial charge in [0.1, 0.15) is 0 Å². The first-order chi connectivity index (χ1) is 7.70. The van der Waals surface area contributed by atoms with Crippen molar-refractivity contribution >= 4 is 15.9 Å². The van der Waals surface area contributed by atoms with Gasteiger partial charge in [-0.1, -0.05) is 11.2 Å². The number of nitrogens with zero attached hydrogens (tertiary/aromatic N) is 2. The lowest BCUT2D eigenvalue weighted by molar-refractivity contribution is 0.422. The molecule has 0 aliphatic rings. The van der Waals surface area contributed by atoms with Crippen LogP contribution in [0.25, 0.3) is 11.5 Å². The van der Waals surface area contributed by atoms with Crippen molar-refractivity contribution in [1.29, 1.82) is 0 Å². The van der Waals surface area contributed by atoms with Gasteiger partial charge in [0.25, 0.3) is 5.89 Å². The maximum atomic E-state index is 5.43. The fraction of sp³-hybridized carbons (Fsp3) is 0.273. The van der Waals surface area contributed by atoms with Crippen LogP contribution in [0.3, 0.4) is 0 Å². The van der Waals surface area contributed by atoms with Crippen LogP contribution in [0.1, 0.15) is 11.4 Å². The number of halogens is 1. The number of rotatable bonds is 3. The van der Waals surface area contributed by atoms with Crippen LogP contribution in [0, 0.1) is 6.92 Å². The molecular weight excluding hydrogens is 270 g/mol. The molecule has 0 radical (unpaired) electrons. The molecule has 1 heterocycles. The lowest BCUT2D eigenvalue weighted by Gasteiger charge is -1.99. The molecule has 0 aliphatic carbocycles. The Morgan fingerprint density at radius 2 is 2.25 bits per heavy atom. The van der Waals surface area contributed by atoms with Gasteiger partial charge in [-0.15, -0.1) is 0 Å². The summed E-state index contributed by atoms with van der Waals surface area (Å²) in [7, 11) is 0. The van der Waals surface area contributed by atoms with Crippen molar-refractivity contribution in [2.75, 3.05) is 6.54 Å². The zero-order valence-electron chi connectivity index (χ0n) is 8.90. The van der Waals surface area contributed by atoms with Gasteiger partial charge >= 0.3 is 0 Å². The van der Waals surface area contributed by atoms with Crippen molar-refractivity contribution in [2.45, 2.75) is 13.3 Å². The van der Waals surface area contributed by atoms with Crippen molar-refractivity contribution in [2.24, 2.45) is 5.73 Å². The summed E-state index contributed by atoms with van der Waals surface area (Å²) >= 11 is 3.48. The van der Waals surface area contributed by atoms with E-state index < -0.39 is 0 Å². The second kappa shape index (κ2) is 4.76. The Kier molecular flexibility index (Phi) is 3.36. The number of aryl methyl sites for hydroxylation is 1. The van der Waals surface area contributed by atoms with Crippen molar-refractivity contribution in [1.82, 2.24) is 10.1 Å². The van der Waals surface area contributed by atoms with Crippen LogP contribution in [0.15, 0.2) is 27.2 Å². The fourth-order valence-electron chi connectivity index (χ4n) is 1.39. The Hall–Kier alpha value is -1.20. The van der Waals surface area contributed by atoms with Gasteiger partial charge in [-0.05, 0) is 47.1 Å². The van der Waals surface area contributed by atoms with Crippen LogP contribution < -0.4 is 5.73 Å². The lowest BCUT2D eigenvalue weighted by atomic mass is 10.1. The van der Waals surface area contributed by atoms with Crippen molar-refractivity contribution in [3.63, 3.8) is 0 Å². The first-order valence-corrected chi connectivity index (χ1v) is 5.79. The number of nitrogens with two attached hydrogens (primary N) is 1. The molecule has 5 heteroatoms. The van der Waals surface area contributed by atoms with E-state index >= 15 is 0 Å². The minimum Gasteiger partial charge on any atom is -0.334 e. The zero-order valence-corrected chi connectivity index (χ0v) is 10.5. The number of hydrogen-bond acceptors (Lipinski definition) is 4. The van der Waals surface area contributed by atoms with E-state index in [9.17, 15) is 0 Å². The molecule has 0 amide bonds. The van der Waals surface area contributed by atoms with Gasteiger partial charge in [-0.3, -0.25) is 0 Å². The van der Waals surface area contributed by atoms with Gasteiger partial charge in [0, 0.05) is 10.9 Å². The highest BCUT2D eigenvalue weighted by Crippen LogP contribution is 2.27. The van der Waals surface area contributed by atoms with E-state index in [1.54, 1.807) is 0 Å². The van der Waals surface area contributed by atoms with Gasteiger partial charge in [0.2, 0.25) is 0 Å². The quantitative estimate of drug-likeness (QED) is 0.938. The zero-order chi connectivity index (χ0) is 11.5. The van der Waals surface area contributed by atoms with E-state index in [2.05, 4.69) is 26.1 Å². The van der Waals surface area contributed by atoms with Crippen LogP contribution in [-0.2, 0) is 6.42 Å². The topological polar surface area (TPSA) is 64.9 Å². The van der Waals surface area contributed by atoms with Gasteiger partial charge in [-0.2, -0.15) is 4.98 Å². The average molecular weight is 282 g/mol. The van der Waals surface area contributed by atoms with E-state index in [0.29, 0.717) is 24.7 Å². The van der Waals surface area contributed by atoms with Crippen molar-refractivity contribution in [3.8, 4) is 11.5 Å². The van der Waals surface area contributed by atoms with Crippen molar-refractivity contribution < 1.29 is 4.52 Å². The van der Waals surface area contributed by atoms with E-state index in [0.717, 1.165) is 10.0 Å². The Morgan fingerprint density at radius 3 is 2.94 bits per heavy atom. The van der Waals surface area contributed by atoms with Crippen LogP contribution in [-0.4, -0.2) is 16.7 Å². The third-order valence-electron chi connectivity index (χ3n) is 2.19. The summed E-state index contributed by atoms with van der Waals surface area (Å²) in [6.07, 6.45) is 0.632. The predicted molar refractivity (Wildman–Crippen MR) is 64.9 cm³/mol. The highest BCUT2D eigenvalue weighted by molar-refractivity contribution is 9.10. The summed E-state index contributed by atoms with van der Waals surface area (Å²) in [4.78, 5) is 4.27. The van der Waals surface area contributed by atoms with Crippen LogP contribution in [0.5, 0.6) is 0 Å². The summed E-state index contributed by atoms with van der Waals surface area (Å²) in [5, 5.41) is 3.86. The molecule has 1 aromatic carbocycles. The first-order valence-electron chi connectivity index (χ1n) is 5.00. The van der Waals surface area contributed by atoms with E-state index in [4.69, 9.17) is 10.3 Å². The van der Waals surface area contributed by atoms with Crippen LogP contribution in [0.4, 0.5) is 0 Å². The number of aromatic nitrogens is 2. The monoisotopic (exact) mass is 281 g/mol. The average Bonchev–Trinajstić information content (AvgIpc) is 2.67. The smallest absolute Gasteiger partial charge is 0.259 e. The molecule has 0 unspecified atom stereocenters. The molecule has 0 aliphatic heterocycles. The second-order valence-electron chi connectivity index (χ2n) is 3.54. The summed E-state index contributed by atoms with van der Waals surface area (Å²) in [6, 6.07) is 5.98. The largest absolute Gasteiger partial charge is 0.334 e. The second-order valence-corrected chi connectivity index (χ2v) is 4.39. The van der Waals surface area contributed by atoms with Crippen molar-refractivity contribution in [3.05, 3.63) is 34.1 Å². The Balaban J connectivity index is 2.35.